The van der Waals surface area contributed by atoms with Gasteiger partial charge in [-0.3, -0.25) is 4.79 Å². The number of hydrogen-bond acceptors (Lipinski definition) is 2. The van der Waals surface area contributed by atoms with Gasteiger partial charge in [0, 0.05) is 16.6 Å². The summed E-state index contributed by atoms with van der Waals surface area (Å²) >= 11 is 3.36. The summed E-state index contributed by atoms with van der Waals surface area (Å²) in [6.45, 7) is 4.57. The molecule has 1 amide bonds. The van der Waals surface area contributed by atoms with Crippen molar-refractivity contribution in [2.24, 2.45) is 5.73 Å². The van der Waals surface area contributed by atoms with Crippen LogP contribution in [0, 0.1) is 0 Å². The molecule has 0 saturated heterocycles. The maximum atomic E-state index is 11.9. The van der Waals surface area contributed by atoms with E-state index in [-0.39, 0.29) is 23.9 Å². The molecule has 0 spiro atoms. The fourth-order valence-electron chi connectivity index (χ4n) is 1.50. The molecule has 0 aliphatic carbocycles. The summed E-state index contributed by atoms with van der Waals surface area (Å²) in [5.74, 6) is -0.0887. The van der Waals surface area contributed by atoms with E-state index < -0.39 is 0 Å². The number of rotatable bonds is 5. The van der Waals surface area contributed by atoms with Gasteiger partial charge in [-0.05, 0) is 40.9 Å². The molecule has 0 atom stereocenters. The topological polar surface area (TPSA) is 55.1 Å². The molecule has 5 heteroatoms. The third-order valence-corrected chi connectivity index (χ3v) is 3.82. The molecule has 0 bridgehead atoms. The summed E-state index contributed by atoms with van der Waals surface area (Å²) in [6, 6.07) is 7.36. The highest BCUT2D eigenvalue weighted by Gasteiger charge is 2.21. The first-order chi connectivity index (χ1) is 8.02. The molecule has 0 radical (unpaired) electrons. The van der Waals surface area contributed by atoms with Crippen molar-refractivity contribution < 1.29 is 4.79 Å². The number of benzene rings is 1. The minimum absolute atomic E-state index is 0. The normalized spacial score (nSPS) is 10.7. The fourth-order valence-corrected chi connectivity index (χ4v) is 1.96. The number of nitrogens with two attached hydrogens (primary N) is 1. The predicted molar refractivity (Wildman–Crippen MR) is 81.2 cm³/mol. The molecule has 0 heterocycles. The zero-order valence-corrected chi connectivity index (χ0v) is 13.1. The molecule has 1 aromatic carbocycles. The van der Waals surface area contributed by atoms with E-state index in [1.54, 1.807) is 6.07 Å². The summed E-state index contributed by atoms with van der Waals surface area (Å²) in [5, 5.41) is 2.89. The van der Waals surface area contributed by atoms with E-state index in [1.807, 2.05) is 32.0 Å². The maximum absolute atomic E-state index is 11.9. The second-order valence-electron chi connectivity index (χ2n) is 4.23. The Morgan fingerprint density at radius 1 is 1.33 bits per heavy atom. The zero-order valence-electron chi connectivity index (χ0n) is 10.7. The molecular weight excluding hydrogens is 316 g/mol. The number of hydrogen-bond donors (Lipinski definition) is 2. The average Bonchev–Trinajstić information content (AvgIpc) is 2.36. The van der Waals surface area contributed by atoms with E-state index in [1.165, 1.54) is 0 Å². The lowest BCUT2D eigenvalue weighted by molar-refractivity contribution is 0.0941. The third kappa shape index (κ3) is 4.59. The quantitative estimate of drug-likeness (QED) is 0.868. The molecule has 18 heavy (non-hydrogen) atoms. The van der Waals surface area contributed by atoms with Gasteiger partial charge in [-0.1, -0.05) is 26.0 Å². The zero-order chi connectivity index (χ0) is 12.9. The predicted octanol–water partition coefficient (Wildman–Crippen LogP) is 3.12. The number of carbonyl (C=O) groups is 1. The molecule has 0 unspecified atom stereocenters. The summed E-state index contributed by atoms with van der Waals surface area (Å²) in [6.07, 6.45) is 1.69. The molecule has 0 aliphatic rings. The van der Waals surface area contributed by atoms with Crippen LogP contribution in [0.3, 0.4) is 0 Å². The van der Waals surface area contributed by atoms with Gasteiger partial charge in [0.1, 0.15) is 0 Å². The third-order valence-electron chi connectivity index (χ3n) is 3.13. The Morgan fingerprint density at radius 3 is 2.39 bits per heavy atom. The van der Waals surface area contributed by atoms with Gasteiger partial charge in [-0.2, -0.15) is 0 Å². The Kier molecular flexibility index (Phi) is 7.52. The molecule has 102 valence electrons. The van der Waals surface area contributed by atoms with Crippen molar-refractivity contribution in [3.63, 3.8) is 0 Å². The molecule has 0 fully saturated rings. The van der Waals surface area contributed by atoms with Crippen molar-refractivity contribution in [2.45, 2.75) is 32.2 Å². The Hall–Kier alpha value is -0.580. The van der Waals surface area contributed by atoms with Gasteiger partial charge in [-0.15, -0.1) is 12.4 Å². The van der Waals surface area contributed by atoms with Crippen LogP contribution in [-0.2, 0) is 0 Å². The maximum Gasteiger partial charge on any atom is 0.252 e. The van der Waals surface area contributed by atoms with E-state index >= 15 is 0 Å². The van der Waals surface area contributed by atoms with Gasteiger partial charge in [0.15, 0.2) is 0 Å². The van der Waals surface area contributed by atoms with Crippen molar-refractivity contribution in [3.05, 3.63) is 34.3 Å². The second-order valence-corrected chi connectivity index (χ2v) is 5.09. The largest absolute Gasteiger partial charge is 0.350 e. The molecule has 1 aromatic rings. The smallest absolute Gasteiger partial charge is 0.252 e. The summed E-state index contributed by atoms with van der Waals surface area (Å²) in [5.41, 5.74) is 6.47. The highest BCUT2D eigenvalue weighted by Crippen LogP contribution is 2.16. The molecule has 0 aromatic heterocycles. The fraction of sp³-hybridized carbons (Fsp3) is 0.462. The van der Waals surface area contributed by atoms with E-state index in [9.17, 15) is 4.79 Å². The van der Waals surface area contributed by atoms with E-state index in [0.29, 0.717) is 12.1 Å². The van der Waals surface area contributed by atoms with Crippen LogP contribution in [0.5, 0.6) is 0 Å². The minimum Gasteiger partial charge on any atom is -0.350 e. The van der Waals surface area contributed by atoms with Gasteiger partial charge < -0.3 is 11.1 Å². The minimum atomic E-state index is -0.309. The van der Waals surface area contributed by atoms with Gasteiger partial charge in [0.05, 0.1) is 5.56 Å². The van der Waals surface area contributed by atoms with Gasteiger partial charge >= 0.3 is 0 Å². The highest BCUT2D eigenvalue weighted by molar-refractivity contribution is 9.10. The standard InChI is InChI=1S/C13H19BrN2O.ClH/c1-3-13(15,4-2)9-16-12(17)10-7-5-6-8-11(10)14;/h5-8H,3-4,9,15H2,1-2H3,(H,16,17);1H. The second kappa shape index (κ2) is 7.77. The lowest BCUT2D eigenvalue weighted by atomic mass is 9.94. The Balaban J connectivity index is 0.00000289. The van der Waals surface area contributed by atoms with Crippen LogP contribution >= 0.6 is 28.3 Å². The number of halogens is 2. The Bertz CT molecular complexity index is 394. The number of carbonyl (C=O) groups excluding carboxylic acids is 1. The monoisotopic (exact) mass is 334 g/mol. The van der Waals surface area contributed by atoms with Crippen LogP contribution in [0.2, 0.25) is 0 Å². The van der Waals surface area contributed by atoms with Crippen molar-refractivity contribution in [1.29, 1.82) is 0 Å². The molecule has 0 saturated carbocycles. The Labute approximate surface area is 123 Å². The lowest BCUT2D eigenvalue weighted by Crippen LogP contribution is -2.49. The summed E-state index contributed by atoms with van der Waals surface area (Å²) < 4.78 is 0.799. The molecular formula is C13H20BrClN2O. The van der Waals surface area contributed by atoms with Crippen LogP contribution in [0.15, 0.2) is 28.7 Å². The SMILES string of the molecule is CCC(N)(CC)CNC(=O)c1ccccc1Br.Cl. The van der Waals surface area contributed by atoms with E-state index in [2.05, 4.69) is 21.2 Å². The van der Waals surface area contributed by atoms with Crippen molar-refractivity contribution in [2.75, 3.05) is 6.54 Å². The average molecular weight is 336 g/mol. The first-order valence-corrected chi connectivity index (χ1v) is 6.63. The molecule has 3 nitrogen and oxygen atoms in total. The lowest BCUT2D eigenvalue weighted by Gasteiger charge is -2.26. The molecule has 1 rings (SSSR count). The van der Waals surface area contributed by atoms with Gasteiger partial charge in [0.25, 0.3) is 5.91 Å². The van der Waals surface area contributed by atoms with Crippen LogP contribution < -0.4 is 11.1 Å². The van der Waals surface area contributed by atoms with Crippen LogP contribution in [0.4, 0.5) is 0 Å². The van der Waals surface area contributed by atoms with E-state index in [4.69, 9.17) is 5.73 Å². The first-order valence-electron chi connectivity index (χ1n) is 5.84. The number of nitrogens with one attached hydrogen (secondary N) is 1. The Morgan fingerprint density at radius 2 is 1.89 bits per heavy atom. The number of amides is 1. The first kappa shape index (κ1) is 17.4. The van der Waals surface area contributed by atoms with Crippen molar-refractivity contribution in [1.82, 2.24) is 5.32 Å². The van der Waals surface area contributed by atoms with E-state index in [0.717, 1.165) is 17.3 Å². The highest BCUT2D eigenvalue weighted by atomic mass is 79.9. The van der Waals surface area contributed by atoms with Gasteiger partial charge in [-0.25, -0.2) is 0 Å². The van der Waals surface area contributed by atoms with Crippen LogP contribution in [0.25, 0.3) is 0 Å². The van der Waals surface area contributed by atoms with Crippen LogP contribution in [0.1, 0.15) is 37.0 Å². The summed E-state index contributed by atoms with van der Waals surface area (Å²) in [7, 11) is 0. The summed E-state index contributed by atoms with van der Waals surface area (Å²) in [4.78, 5) is 11.9. The van der Waals surface area contributed by atoms with Crippen molar-refractivity contribution in [3.8, 4) is 0 Å². The molecule has 3 N–H and O–H groups in total. The van der Waals surface area contributed by atoms with Crippen LogP contribution in [-0.4, -0.2) is 18.0 Å². The van der Waals surface area contributed by atoms with Crippen molar-refractivity contribution >= 4 is 34.2 Å². The van der Waals surface area contributed by atoms with Gasteiger partial charge in [0.2, 0.25) is 0 Å². The molecule has 0 aliphatic heterocycles.